The number of hydrogen-bond donors (Lipinski definition) is 3. The van der Waals surface area contributed by atoms with Gasteiger partial charge in [0, 0.05) is 41.1 Å². The van der Waals surface area contributed by atoms with E-state index >= 15 is 0 Å². The zero-order chi connectivity index (χ0) is 25.4. The first kappa shape index (κ1) is 26.9. The van der Waals surface area contributed by atoms with E-state index in [0.717, 1.165) is 29.7 Å². The van der Waals surface area contributed by atoms with Crippen LogP contribution in [0.25, 0.3) is 33.2 Å². The van der Waals surface area contributed by atoms with Gasteiger partial charge in [0.1, 0.15) is 0 Å². The van der Waals surface area contributed by atoms with E-state index in [2.05, 4.69) is 68.5 Å². The highest BCUT2D eigenvalue weighted by Gasteiger charge is 2.23. The van der Waals surface area contributed by atoms with Crippen LogP contribution >= 0.6 is 0 Å². The van der Waals surface area contributed by atoms with Gasteiger partial charge in [0.15, 0.2) is 5.65 Å². The summed E-state index contributed by atoms with van der Waals surface area (Å²) in [5, 5.41) is 12.9. The first-order chi connectivity index (χ1) is 17.2. The molecule has 0 amide bonds. The lowest BCUT2D eigenvalue weighted by Crippen LogP contribution is -2.37. The molecule has 0 atom stereocenters. The third-order valence-electron chi connectivity index (χ3n) is 6.80. The summed E-state index contributed by atoms with van der Waals surface area (Å²) in [5.74, 6) is 1.06. The van der Waals surface area contributed by atoms with E-state index in [1.807, 2.05) is 47.1 Å². The van der Waals surface area contributed by atoms with Gasteiger partial charge < -0.3 is 15.2 Å². The summed E-state index contributed by atoms with van der Waals surface area (Å²) in [6.07, 6.45) is 6.21. The Labute approximate surface area is 210 Å². The van der Waals surface area contributed by atoms with E-state index in [0.29, 0.717) is 11.8 Å². The number of piperidine rings is 1. The lowest BCUT2D eigenvalue weighted by atomic mass is 9.87. The number of benzene rings is 1. The minimum Gasteiger partial charge on any atom is -0.354 e. The van der Waals surface area contributed by atoms with Crippen LogP contribution in [0, 0.1) is 0 Å². The fourth-order valence-electron chi connectivity index (χ4n) is 5.13. The van der Waals surface area contributed by atoms with Crippen molar-refractivity contribution in [2.45, 2.75) is 66.2 Å². The summed E-state index contributed by atoms with van der Waals surface area (Å²) < 4.78 is 0. The Morgan fingerprint density at radius 1 is 1.06 bits per heavy atom. The summed E-state index contributed by atoms with van der Waals surface area (Å²) in [5.41, 5.74) is 7.27. The number of nitrogens with zero attached hydrogens (tertiary/aromatic N) is 3. The van der Waals surface area contributed by atoms with Gasteiger partial charge in [0.25, 0.3) is 0 Å². The van der Waals surface area contributed by atoms with E-state index in [4.69, 9.17) is 0 Å². The normalized spacial score (nSPS) is 14.6. The first-order valence-electron chi connectivity index (χ1n) is 13.5. The standard InChI is InChI=1S/C25H32N6.2C2H6/c1-16(2)23-20-14-18(17-7-11-31(12-8-17)13-10-26-3)4-5-22(20)29-24(23)19-6-9-27-25-21(19)15-28-30-25;2*1-2/h4-6,9,14-17,26,29H,7-8,10-13H2,1-3H3,(H,27,28,30);2*1-2H3. The minimum atomic E-state index is 0.414. The molecule has 0 unspecified atom stereocenters. The molecule has 1 aliphatic rings. The number of rotatable bonds is 6. The number of likely N-dealkylation sites (tertiary alicyclic amines) is 1. The van der Waals surface area contributed by atoms with E-state index in [9.17, 15) is 0 Å². The number of aromatic amines is 2. The van der Waals surface area contributed by atoms with Crippen molar-refractivity contribution in [2.24, 2.45) is 0 Å². The molecule has 1 fully saturated rings. The number of aromatic nitrogens is 4. The second-order valence-electron chi connectivity index (χ2n) is 9.08. The Morgan fingerprint density at radius 2 is 1.80 bits per heavy atom. The van der Waals surface area contributed by atoms with Crippen molar-refractivity contribution < 1.29 is 0 Å². The smallest absolute Gasteiger partial charge is 0.155 e. The Hall–Kier alpha value is -2.70. The molecule has 0 saturated carbocycles. The van der Waals surface area contributed by atoms with Crippen molar-refractivity contribution in [2.75, 3.05) is 33.2 Å². The molecule has 0 radical (unpaired) electrons. The topological polar surface area (TPSA) is 72.6 Å². The zero-order valence-electron chi connectivity index (χ0n) is 22.7. The molecule has 6 heteroatoms. The molecule has 190 valence electrons. The molecule has 0 bridgehead atoms. The van der Waals surface area contributed by atoms with Gasteiger partial charge in [-0.2, -0.15) is 5.10 Å². The van der Waals surface area contributed by atoms with Crippen LogP contribution in [0.4, 0.5) is 0 Å². The molecule has 1 saturated heterocycles. The predicted octanol–water partition coefficient (Wildman–Crippen LogP) is 6.68. The van der Waals surface area contributed by atoms with Gasteiger partial charge >= 0.3 is 0 Å². The molecule has 4 heterocycles. The van der Waals surface area contributed by atoms with Crippen LogP contribution in [0.5, 0.6) is 0 Å². The number of H-pyrrole nitrogens is 2. The molecule has 5 rings (SSSR count). The SMILES string of the molecule is CC.CC.CNCCN1CCC(c2ccc3[nH]c(-c4ccnc5[nH]ncc45)c(C(C)C)c3c2)CC1. The average molecular weight is 477 g/mol. The fourth-order valence-corrected chi connectivity index (χ4v) is 5.13. The van der Waals surface area contributed by atoms with Crippen molar-refractivity contribution in [1.82, 2.24) is 30.4 Å². The second-order valence-corrected chi connectivity index (χ2v) is 9.08. The van der Waals surface area contributed by atoms with Crippen LogP contribution in [0.15, 0.2) is 36.7 Å². The van der Waals surface area contributed by atoms with Gasteiger partial charge in [-0.25, -0.2) is 4.98 Å². The number of fused-ring (bicyclic) bond motifs is 2. The molecular formula is C29H44N6. The molecular weight excluding hydrogens is 432 g/mol. The van der Waals surface area contributed by atoms with Crippen molar-refractivity contribution in [3.05, 3.63) is 47.8 Å². The van der Waals surface area contributed by atoms with Crippen molar-refractivity contribution in [3.63, 3.8) is 0 Å². The molecule has 3 N–H and O–H groups in total. The van der Waals surface area contributed by atoms with Crippen molar-refractivity contribution in [1.29, 1.82) is 0 Å². The highest BCUT2D eigenvalue weighted by molar-refractivity contribution is 5.98. The first-order valence-corrected chi connectivity index (χ1v) is 13.5. The van der Waals surface area contributed by atoms with Crippen LogP contribution in [0.2, 0.25) is 0 Å². The molecule has 6 nitrogen and oxygen atoms in total. The number of likely N-dealkylation sites (N-methyl/N-ethyl adjacent to an activating group) is 1. The summed E-state index contributed by atoms with van der Waals surface area (Å²) in [6.45, 7) is 17.2. The summed E-state index contributed by atoms with van der Waals surface area (Å²) in [4.78, 5) is 10.7. The van der Waals surface area contributed by atoms with E-state index in [-0.39, 0.29) is 0 Å². The van der Waals surface area contributed by atoms with Crippen LogP contribution in [-0.4, -0.2) is 58.3 Å². The Bertz CT molecular complexity index is 1180. The number of hydrogen-bond acceptors (Lipinski definition) is 4. The lowest BCUT2D eigenvalue weighted by Gasteiger charge is -2.32. The molecule has 1 aromatic carbocycles. The van der Waals surface area contributed by atoms with Crippen LogP contribution in [0.1, 0.15) is 77.3 Å². The van der Waals surface area contributed by atoms with Gasteiger partial charge in [-0.3, -0.25) is 5.10 Å². The third-order valence-corrected chi connectivity index (χ3v) is 6.80. The number of pyridine rings is 1. The van der Waals surface area contributed by atoms with E-state index in [1.165, 1.54) is 53.7 Å². The zero-order valence-corrected chi connectivity index (χ0v) is 22.7. The van der Waals surface area contributed by atoms with Gasteiger partial charge in [-0.15, -0.1) is 0 Å². The minimum absolute atomic E-state index is 0.414. The molecule has 1 aliphatic heterocycles. The molecule has 0 aliphatic carbocycles. The molecule has 0 spiro atoms. The van der Waals surface area contributed by atoms with Gasteiger partial charge in [0.2, 0.25) is 0 Å². The lowest BCUT2D eigenvalue weighted by molar-refractivity contribution is 0.214. The van der Waals surface area contributed by atoms with Crippen LogP contribution < -0.4 is 5.32 Å². The monoisotopic (exact) mass is 476 g/mol. The van der Waals surface area contributed by atoms with Gasteiger partial charge in [0.05, 0.1) is 11.9 Å². The Kier molecular flexibility index (Phi) is 9.87. The predicted molar refractivity (Wildman–Crippen MR) is 150 cm³/mol. The van der Waals surface area contributed by atoms with Crippen molar-refractivity contribution >= 4 is 21.9 Å². The quantitative estimate of drug-likeness (QED) is 0.290. The highest BCUT2D eigenvalue weighted by Crippen LogP contribution is 2.39. The third kappa shape index (κ3) is 5.76. The summed E-state index contributed by atoms with van der Waals surface area (Å²) in [7, 11) is 2.03. The number of nitrogens with one attached hydrogen (secondary N) is 3. The van der Waals surface area contributed by atoms with Crippen molar-refractivity contribution in [3.8, 4) is 11.3 Å². The Morgan fingerprint density at radius 3 is 2.49 bits per heavy atom. The average Bonchev–Trinajstić information content (AvgIpc) is 3.54. The van der Waals surface area contributed by atoms with E-state index < -0.39 is 0 Å². The summed E-state index contributed by atoms with van der Waals surface area (Å²) in [6, 6.07) is 9.16. The van der Waals surface area contributed by atoms with Gasteiger partial charge in [-0.1, -0.05) is 47.6 Å². The molecule has 4 aromatic rings. The van der Waals surface area contributed by atoms with Crippen LogP contribution in [-0.2, 0) is 0 Å². The van der Waals surface area contributed by atoms with Gasteiger partial charge in [-0.05, 0) is 74.1 Å². The second kappa shape index (κ2) is 12.8. The van der Waals surface area contributed by atoms with Crippen LogP contribution in [0.3, 0.4) is 0 Å². The van der Waals surface area contributed by atoms with E-state index in [1.54, 1.807) is 0 Å². The maximum atomic E-state index is 4.42. The molecule has 3 aromatic heterocycles. The fraction of sp³-hybridized carbons (Fsp3) is 0.517. The highest BCUT2D eigenvalue weighted by atomic mass is 15.1. The molecule has 35 heavy (non-hydrogen) atoms. The Balaban J connectivity index is 0.000000815. The summed E-state index contributed by atoms with van der Waals surface area (Å²) >= 11 is 0. The largest absolute Gasteiger partial charge is 0.354 e. The maximum Gasteiger partial charge on any atom is 0.155 e. The maximum absolute atomic E-state index is 4.42.